The number of carbonyl (C=O) groups excluding carboxylic acids is 2. The average molecular weight is 352 g/mol. The van der Waals surface area contributed by atoms with E-state index in [0.717, 1.165) is 22.4 Å². The summed E-state index contributed by atoms with van der Waals surface area (Å²) < 4.78 is 0. The zero-order valence-electron chi connectivity index (χ0n) is 15.2. The first kappa shape index (κ1) is 18.1. The third-order valence-electron chi connectivity index (χ3n) is 4.53. The topological polar surface area (TPSA) is 83.1 Å². The van der Waals surface area contributed by atoms with E-state index in [2.05, 4.69) is 20.9 Å². The summed E-state index contributed by atoms with van der Waals surface area (Å²) in [4.78, 5) is 28.3. The highest BCUT2D eigenvalue weighted by molar-refractivity contribution is 5.89. The van der Waals surface area contributed by atoms with Gasteiger partial charge in [-0.25, -0.2) is 0 Å². The Kier molecular flexibility index (Phi) is 5.32. The molecule has 1 aliphatic heterocycles. The van der Waals surface area contributed by atoms with Crippen molar-refractivity contribution in [2.75, 3.05) is 0 Å². The maximum Gasteiger partial charge on any atom is 0.238 e. The van der Waals surface area contributed by atoms with Crippen LogP contribution in [0, 0.1) is 6.92 Å². The summed E-state index contributed by atoms with van der Waals surface area (Å²) in [5.74, 6) is -0.269. The number of hydrogen-bond donors (Lipinski definition) is 3. The summed E-state index contributed by atoms with van der Waals surface area (Å²) in [7, 11) is 0. The van der Waals surface area contributed by atoms with Crippen LogP contribution in [-0.4, -0.2) is 29.0 Å². The molecular weight excluding hydrogens is 328 g/mol. The van der Waals surface area contributed by atoms with Crippen LogP contribution in [0.2, 0.25) is 0 Å². The molecule has 3 atom stereocenters. The molecule has 0 bridgehead atoms. The van der Waals surface area contributed by atoms with Gasteiger partial charge in [-0.2, -0.15) is 0 Å². The molecule has 0 spiro atoms. The number of hydrogen-bond acceptors (Lipinski definition) is 4. The molecule has 6 heteroatoms. The van der Waals surface area contributed by atoms with Crippen molar-refractivity contribution in [2.45, 2.75) is 45.4 Å². The molecule has 136 valence electrons. The monoisotopic (exact) mass is 352 g/mol. The molecule has 1 saturated heterocycles. The Bertz CT molecular complexity index is 804. The lowest BCUT2D eigenvalue weighted by molar-refractivity contribution is -0.132. The summed E-state index contributed by atoms with van der Waals surface area (Å²) in [5.41, 5.74) is 4.22. The van der Waals surface area contributed by atoms with E-state index < -0.39 is 6.04 Å². The Morgan fingerprint density at radius 1 is 1.23 bits per heavy atom. The van der Waals surface area contributed by atoms with Crippen LogP contribution in [0.5, 0.6) is 0 Å². The molecule has 3 rings (SSSR count). The molecule has 0 saturated carbocycles. The van der Waals surface area contributed by atoms with Gasteiger partial charge in [-0.15, -0.1) is 0 Å². The third kappa shape index (κ3) is 4.26. The summed E-state index contributed by atoms with van der Waals surface area (Å²) in [6.45, 7) is 5.73. The quantitative estimate of drug-likeness (QED) is 0.786. The van der Waals surface area contributed by atoms with Crippen LogP contribution < -0.4 is 16.0 Å². The van der Waals surface area contributed by atoms with E-state index in [4.69, 9.17) is 0 Å². The Hall–Kier alpha value is -2.73. The molecule has 26 heavy (non-hydrogen) atoms. The van der Waals surface area contributed by atoms with Crippen molar-refractivity contribution < 1.29 is 9.59 Å². The van der Waals surface area contributed by atoms with Crippen molar-refractivity contribution >= 4 is 11.8 Å². The van der Waals surface area contributed by atoms with Crippen molar-refractivity contribution in [1.29, 1.82) is 0 Å². The van der Waals surface area contributed by atoms with E-state index in [-0.39, 0.29) is 30.4 Å². The minimum absolute atomic E-state index is 0.110. The zero-order valence-corrected chi connectivity index (χ0v) is 15.2. The predicted octanol–water partition coefficient (Wildman–Crippen LogP) is 2.06. The number of benzene rings is 1. The number of aryl methyl sites for hydroxylation is 1. The van der Waals surface area contributed by atoms with Gasteiger partial charge in [0.25, 0.3) is 0 Å². The largest absolute Gasteiger partial charge is 0.348 e. The molecule has 2 aromatic rings. The molecule has 1 fully saturated rings. The molecule has 2 heterocycles. The fourth-order valence-electron chi connectivity index (χ4n) is 3.14. The molecular formula is C20H24N4O2. The summed E-state index contributed by atoms with van der Waals surface area (Å²) in [6.07, 6.45) is 1.75. The van der Waals surface area contributed by atoms with Gasteiger partial charge in [-0.1, -0.05) is 24.3 Å². The fraction of sp³-hybridized carbons (Fsp3) is 0.350. The Labute approximate surface area is 153 Å². The molecule has 3 N–H and O–H groups in total. The first-order valence-electron chi connectivity index (χ1n) is 8.81. The van der Waals surface area contributed by atoms with Gasteiger partial charge in [-0.3, -0.25) is 19.9 Å². The lowest BCUT2D eigenvalue weighted by Gasteiger charge is -2.29. The Balaban J connectivity index is 1.65. The van der Waals surface area contributed by atoms with Crippen molar-refractivity contribution in [3.8, 4) is 11.1 Å². The standard InChI is InChI=1S/C20H24N4O2/c1-12-10-17(8-9-21-12)16-6-4-15(5-7-16)13(2)22-20(26)18-11-19(25)24-14(3)23-18/h4-10,13-14,18,23H,11H2,1-3H3,(H,22,26)(H,24,25)/t13-,14?,18?/m1/s1. The Morgan fingerprint density at radius 2 is 1.96 bits per heavy atom. The first-order valence-corrected chi connectivity index (χ1v) is 8.81. The molecule has 1 aliphatic rings. The summed E-state index contributed by atoms with van der Waals surface area (Å²) in [5, 5.41) is 8.81. The van der Waals surface area contributed by atoms with Crippen molar-refractivity contribution in [1.82, 2.24) is 20.9 Å². The van der Waals surface area contributed by atoms with Crippen LogP contribution in [-0.2, 0) is 9.59 Å². The molecule has 2 amide bonds. The van der Waals surface area contributed by atoms with Crippen molar-refractivity contribution in [3.05, 3.63) is 53.9 Å². The van der Waals surface area contributed by atoms with Crippen LogP contribution in [0.25, 0.3) is 11.1 Å². The van der Waals surface area contributed by atoms with Crippen LogP contribution >= 0.6 is 0 Å². The second-order valence-corrected chi connectivity index (χ2v) is 6.75. The van der Waals surface area contributed by atoms with Gasteiger partial charge in [0.2, 0.25) is 11.8 Å². The lowest BCUT2D eigenvalue weighted by atomic mass is 10.0. The van der Waals surface area contributed by atoms with Gasteiger partial charge in [0, 0.05) is 11.9 Å². The predicted molar refractivity (Wildman–Crippen MR) is 100 cm³/mol. The lowest BCUT2D eigenvalue weighted by Crippen LogP contribution is -2.59. The maximum absolute atomic E-state index is 12.4. The average Bonchev–Trinajstić information content (AvgIpc) is 2.61. The summed E-state index contributed by atoms with van der Waals surface area (Å²) >= 11 is 0. The normalized spacial score (nSPS) is 21.0. The van der Waals surface area contributed by atoms with Gasteiger partial charge in [0.15, 0.2) is 0 Å². The minimum Gasteiger partial charge on any atom is -0.348 e. The second-order valence-electron chi connectivity index (χ2n) is 6.75. The van der Waals surface area contributed by atoms with Crippen LogP contribution in [0.3, 0.4) is 0 Å². The van der Waals surface area contributed by atoms with Crippen LogP contribution in [0.4, 0.5) is 0 Å². The van der Waals surface area contributed by atoms with Gasteiger partial charge in [-0.05, 0) is 49.6 Å². The highest BCUT2D eigenvalue weighted by Gasteiger charge is 2.29. The van der Waals surface area contributed by atoms with Crippen LogP contribution in [0.15, 0.2) is 42.6 Å². The summed E-state index contributed by atoms with van der Waals surface area (Å²) in [6, 6.07) is 11.5. The molecule has 1 aromatic heterocycles. The fourth-order valence-corrected chi connectivity index (χ4v) is 3.14. The van der Waals surface area contributed by atoms with E-state index in [1.54, 1.807) is 6.20 Å². The molecule has 1 aromatic carbocycles. The second kappa shape index (κ2) is 7.66. The minimum atomic E-state index is -0.500. The first-order chi connectivity index (χ1) is 12.4. The number of rotatable bonds is 4. The smallest absolute Gasteiger partial charge is 0.238 e. The van der Waals surface area contributed by atoms with E-state index in [0.29, 0.717) is 0 Å². The number of nitrogens with one attached hydrogen (secondary N) is 3. The third-order valence-corrected chi connectivity index (χ3v) is 4.53. The maximum atomic E-state index is 12.4. The van der Waals surface area contributed by atoms with Gasteiger partial charge >= 0.3 is 0 Å². The highest BCUT2D eigenvalue weighted by Crippen LogP contribution is 2.22. The molecule has 0 aliphatic carbocycles. The number of nitrogens with zero attached hydrogens (tertiary/aromatic N) is 1. The van der Waals surface area contributed by atoms with E-state index in [1.807, 2.05) is 57.2 Å². The van der Waals surface area contributed by atoms with Gasteiger partial charge in [0.05, 0.1) is 24.7 Å². The SMILES string of the molecule is Cc1cc(-c2ccc([C@@H](C)NC(=O)C3CC(=O)NC(C)N3)cc2)ccn1. The van der Waals surface area contributed by atoms with E-state index >= 15 is 0 Å². The molecule has 0 radical (unpaired) electrons. The van der Waals surface area contributed by atoms with Crippen molar-refractivity contribution in [3.63, 3.8) is 0 Å². The van der Waals surface area contributed by atoms with Gasteiger partial charge in [0.1, 0.15) is 0 Å². The number of aromatic nitrogens is 1. The van der Waals surface area contributed by atoms with E-state index in [1.165, 1.54) is 0 Å². The zero-order chi connectivity index (χ0) is 18.7. The van der Waals surface area contributed by atoms with Gasteiger partial charge < -0.3 is 10.6 Å². The van der Waals surface area contributed by atoms with Crippen LogP contribution in [0.1, 0.15) is 37.6 Å². The van der Waals surface area contributed by atoms with Crippen molar-refractivity contribution in [2.24, 2.45) is 0 Å². The number of pyridine rings is 1. The highest BCUT2D eigenvalue weighted by atomic mass is 16.2. The Morgan fingerprint density at radius 3 is 2.62 bits per heavy atom. The van der Waals surface area contributed by atoms with E-state index in [9.17, 15) is 9.59 Å². The molecule has 2 unspecified atom stereocenters. The number of carbonyl (C=O) groups is 2. The number of amides is 2. The molecule has 6 nitrogen and oxygen atoms in total.